The van der Waals surface area contributed by atoms with Crippen molar-refractivity contribution in [1.29, 1.82) is 0 Å². The van der Waals surface area contributed by atoms with Gasteiger partial charge in [-0.3, -0.25) is 0 Å². The summed E-state index contributed by atoms with van der Waals surface area (Å²) in [5.41, 5.74) is 4.88. The average Bonchev–Trinajstić information content (AvgIpc) is 3.59. The number of benzene rings is 3. The molecule has 34 heavy (non-hydrogen) atoms. The molecule has 0 saturated heterocycles. The van der Waals surface area contributed by atoms with Gasteiger partial charge in [0, 0.05) is 27.9 Å². The van der Waals surface area contributed by atoms with Gasteiger partial charge in [0.05, 0.1) is 11.4 Å². The molecule has 0 atom stereocenters. The number of aromatic nitrogens is 6. The van der Waals surface area contributed by atoms with Crippen molar-refractivity contribution < 1.29 is 0 Å². The lowest BCUT2D eigenvalue weighted by Gasteiger charge is -2.00. The number of para-hydroxylation sites is 1. The van der Waals surface area contributed by atoms with Crippen molar-refractivity contribution in [3.05, 3.63) is 107 Å². The normalized spacial score (nSPS) is 11.6. The van der Waals surface area contributed by atoms with E-state index >= 15 is 0 Å². The Kier molecular flexibility index (Phi) is 5.25. The number of hydrogen-bond acceptors (Lipinski definition) is 5. The summed E-state index contributed by atoms with van der Waals surface area (Å²) in [5, 5.41) is 19.7. The SMILES string of the molecule is Clc1ccc(-c2nnc3sc(C=Cc4cn(-c5ccccc5)nc4-c4ccccc4)nn23)cc1. The van der Waals surface area contributed by atoms with Crippen molar-refractivity contribution in [1.82, 2.24) is 29.6 Å². The largest absolute Gasteiger partial charge is 0.240 e. The van der Waals surface area contributed by atoms with Crippen molar-refractivity contribution in [3.8, 4) is 28.3 Å². The van der Waals surface area contributed by atoms with Crippen LogP contribution in [0.3, 0.4) is 0 Å². The lowest BCUT2D eigenvalue weighted by atomic mass is 10.1. The molecule has 0 aliphatic carbocycles. The van der Waals surface area contributed by atoms with Crippen molar-refractivity contribution >= 4 is 40.1 Å². The van der Waals surface area contributed by atoms with E-state index in [0.29, 0.717) is 10.8 Å². The second-order valence-corrected chi connectivity index (χ2v) is 9.00. The number of nitrogens with zero attached hydrogens (tertiary/aromatic N) is 6. The molecule has 0 radical (unpaired) electrons. The van der Waals surface area contributed by atoms with Gasteiger partial charge in [0.2, 0.25) is 4.96 Å². The Morgan fingerprint density at radius 3 is 2.24 bits per heavy atom. The van der Waals surface area contributed by atoms with E-state index in [2.05, 4.69) is 22.3 Å². The minimum absolute atomic E-state index is 0.677. The third-order valence-corrected chi connectivity index (χ3v) is 6.44. The van der Waals surface area contributed by atoms with E-state index in [-0.39, 0.29) is 0 Å². The molecule has 0 N–H and O–H groups in total. The molecule has 6 nitrogen and oxygen atoms in total. The fourth-order valence-corrected chi connectivity index (χ4v) is 4.55. The van der Waals surface area contributed by atoms with E-state index in [1.807, 2.05) is 95.8 Å². The summed E-state index contributed by atoms with van der Waals surface area (Å²) in [6.45, 7) is 0. The molecule has 0 fully saturated rings. The van der Waals surface area contributed by atoms with Gasteiger partial charge in [-0.2, -0.15) is 14.7 Å². The van der Waals surface area contributed by atoms with Gasteiger partial charge < -0.3 is 0 Å². The smallest absolute Gasteiger partial charge is 0.235 e. The van der Waals surface area contributed by atoms with Crippen molar-refractivity contribution in [2.24, 2.45) is 0 Å². The molecule has 0 aliphatic rings. The number of rotatable bonds is 5. The molecule has 0 aliphatic heterocycles. The molecule has 0 spiro atoms. The molecule has 6 aromatic rings. The maximum Gasteiger partial charge on any atom is 0.235 e. The van der Waals surface area contributed by atoms with Crippen LogP contribution in [0.25, 0.3) is 45.4 Å². The Labute approximate surface area is 204 Å². The van der Waals surface area contributed by atoms with Gasteiger partial charge in [0.25, 0.3) is 0 Å². The van der Waals surface area contributed by atoms with Crippen LogP contribution in [0.1, 0.15) is 10.6 Å². The maximum absolute atomic E-state index is 6.02. The van der Waals surface area contributed by atoms with Crippen LogP contribution in [0.5, 0.6) is 0 Å². The van der Waals surface area contributed by atoms with Crippen LogP contribution in [-0.2, 0) is 0 Å². The highest BCUT2D eigenvalue weighted by atomic mass is 35.5. The minimum Gasteiger partial charge on any atom is -0.240 e. The predicted molar refractivity (Wildman–Crippen MR) is 137 cm³/mol. The van der Waals surface area contributed by atoms with Gasteiger partial charge in [-0.25, -0.2) is 4.68 Å². The third-order valence-electron chi connectivity index (χ3n) is 5.32. The summed E-state index contributed by atoms with van der Waals surface area (Å²) in [4.78, 5) is 0.730. The van der Waals surface area contributed by atoms with Gasteiger partial charge >= 0.3 is 0 Å². The lowest BCUT2D eigenvalue weighted by molar-refractivity contribution is 0.884. The van der Waals surface area contributed by atoms with Gasteiger partial charge in [-0.1, -0.05) is 71.5 Å². The third kappa shape index (κ3) is 3.91. The van der Waals surface area contributed by atoms with Crippen LogP contribution in [0.4, 0.5) is 0 Å². The molecule has 3 heterocycles. The zero-order chi connectivity index (χ0) is 22.9. The van der Waals surface area contributed by atoms with Gasteiger partial charge in [0.15, 0.2) is 5.82 Å². The molecule has 6 rings (SSSR count). The Balaban J connectivity index is 1.38. The summed E-state index contributed by atoms with van der Waals surface area (Å²) in [6.07, 6.45) is 6.07. The van der Waals surface area contributed by atoms with Crippen LogP contribution in [0.15, 0.2) is 91.1 Å². The monoisotopic (exact) mass is 480 g/mol. The van der Waals surface area contributed by atoms with E-state index in [0.717, 1.165) is 38.0 Å². The first-order valence-corrected chi connectivity index (χ1v) is 11.8. The van der Waals surface area contributed by atoms with Crippen LogP contribution < -0.4 is 0 Å². The average molecular weight is 481 g/mol. The number of fused-ring (bicyclic) bond motifs is 1. The molecule has 0 bridgehead atoms. The Morgan fingerprint density at radius 1 is 0.735 bits per heavy atom. The number of halogens is 1. The summed E-state index contributed by atoms with van der Waals surface area (Å²) >= 11 is 7.50. The van der Waals surface area contributed by atoms with Crippen LogP contribution in [-0.4, -0.2) is 29.6 Å². The van der Waals surface area contributed by atoms with Crippen LogP contribution in [0, 0.1) is 0 Å². The van der Waals surface area contributed by atoms with Crippen molar-refractivity contribution in [2.75, 3.05) is 0 Å². The molecule has 3 aromatic heterocycles. The van der Waals surface area contributed by atoms with Crippen LogP contribution >= 0.6 is 22.9 Å². The topological polar surface area (TPSA) is 60.9 Å². The quantitative estimate of drug-likeness (QED) is 0.281. The zero-order valence-corrected chi connectivity index (χ0v) is 19.4. The second kappa shape index (κ2) is 8.70. The second-order valence-electron chi connectivity index (χ2n) is 7.58. The maximum atomic E-state index is 6.02. The Bertz CT molecular complexity index is 1600. The molecular weight excluding hydrogens is 464 g/mol. The highest BCUT2D eigenvalue weighted by Gasteiger charge is 2.14. The van der Waals surface area contributed by atoms with Gasteiger partial charge in [0.1, 0.15) is 5.01 Å². The van der Waals surface area contributed by atoms with E-state index in [4.69, 9.17) is 21.8 Å². The first-order chi connectivity index (χ1) is 16.7. The molecule has 0 saturated carbocycles. The molecule has 0 amide bonds. The lowest BCUT2D eigenvalue weighted by Crippen LogP contribution is -1.93. The zero-order valence-electron chi connectivity index (χ0n) is 17.8. The fourth-order valence-electron chi connectivity index (χ4n) is 3.68. The van der Waals surface area contributed by atoms with E-state index < -0.39 is 0 Å². The van der Waals surface area contributed by atoms with E-state index in [1.54, 1.807) is 4.52 Å². The first-order valence-electron chi connectivity index (χ1n) is 10.6. The van der Waals surface area contributed by atoms with Crippen molar-refractivity contribution in [2.45, 2.75) is 0 Å². The highest BCUT2D eigenvalue weighted by molar-refractivity contribution is 7.17. The Hall–Kier alpha value is -4.07. The number of hydrogen-bond donors (Lipinski definition) is 0. The summed E-state index contributed by atoms with van der Waals surface area (Å²) < 4.78 is 3.66. The molecular formula is C26H17ClN6S. The van der Waals surface area contributed by atoms with Gasteiger partial charge in [-0.05, 0) is 48.6 Å². The summed E-state index contributed by atoms with van der Waals surface area (Å²) in [5.74, 6) is 0.685. The fraction of sp³-hybridized carbons (Fsp3) is 0. The molecule has 3 aromatic carbocycles. The van der Waals surface area contributed by atoms with Crippen molar-refractivity contribution in [3.63, 3.8) is 0 Å². The first kappa shape index (κ1) is 20.5. The predicted octanol–water partition coefficient (Wildman–Crippen LogP) is 6.53. The van der Waals surface area contributed by atoms with E-state index in [1.165, 1.54) is 11.3 Å². The summed E-state index contributed by atoms with van der Waals surface area (Å²) in [7, 11) is 0. The van der Waals surface area contributed by atoms with Gasteiger partial charge in [-0.15, -0.1) is 10.2 Å². The minimum atomic E-state index is 0.677. The summed E-state index contributed by atoms with van der Waals surface area (Å²) in [6, 6.07) is 27.8. The standard InChI is InChI=1S/C26H17ClN6S/c27-21-14-11-19(12-15-21)25-28-29-26-33(25)30-23(34-26)16-13-20-17-32(22-9-5-2-6-10-22)31-24(20)18-7-3-1-4-8-18/h1-17H. The molecule has 8 heteroatoms. The Morgan fingerprint density at radius 2 is 1.47 bits per heavy atom. The molecule has 164 valence electrons. The highest BCUT2D eigenvalue weighted by Crippen LogP contribution is 2.27. The molecule has 0 unspecified atom stereocenters. The van der Waals surface area contributed by atoms with E-state index in [9.17, 15) is 0 Å². The van der Waals surface area contributed by atoms with Crippen LogP contribution in [0.2, 0.25) is 5.02 Å².